The number of thioether (sulfide) groups is 1. The van der Waals surface area contributed by atoms with Crippen LogP contribution in [0.5, 0.6) is 5.75 Å². The molecule has 3 heterocycles. The van der Waals surface area contributed by atoms with E-state index in [9.17, 15) is 19.2 Å². The lowest BCUT2D eigenvalue weighted by Gasteiger charge is -2.43. The molecule has 4 aliphatic rings. The standard InChI is InChI=1S/C36H31ClN2O6S2/c1-3-44-35(42)19-7-10-21(11-8-19)39-33(40)28-23-15-24(29(28)34(39)41)30-27(23)26(31-32(46-30)38-36(43)47-31)22-14-20(37)9-12-25(22)45-16-18-6-4-5-17(2)13-18/h4-14,23-24,26-30H,3,15-16H2,1-2H3,(H,38,43)/t23-,24-,26+,27+,28+,29+,30-/m1/s1. The van der Waals surface area contributed by atoms with Crippen LogP contribution in [-0.2, 0) is 20.9 Å². The van der Waals surface area contributed by atoms with E-state index < -0.39 is 17.8 Å². The largest absolute Gasteiger partial charge is 0.489 e. The molecule has 3 aromatic carbocycles. The number of H-pyrrole nitrogens is 1. The van der Waals surface area contributed by atoms with E-state index in [4.69, 9.17) is 21.1 Å². The van der Waals surface area contributed by atoms with E-state index in [0.29, 0.717) is 28.6 Å². The van der Waals surface area contributed by atoms with Crippen molar-refractivity contribution in [1.29, 1.82) is 0 Å². The normalized spacial score (nSPS) is 27.0. The number of esters is 1. The van der Waals surface area contributed by atoms with E-state index in [1.54, 1.807) is 43.0 Å². The molecule has 1 aromatic heterocycles. The summed E-state index contributed by atoms with van der Waals surface area (Å²) >= 11 is 9.47. The highest BCUT2D eigenvalue weighted by Crippen LogP contribution is 2.69. The number of anilines is 1. The van der Waals surface area contributed by atoms with Crippen LogP contribution in [0.3, 0.4) is 0 Å². The lowest BCUT2D eigenvalue weighted by molar-refractivity contribution is -0.123. The summed E-state index contributed by atoms with van der Waals surface area (Å²) in [6, 6.07) is 20.3. The second kappa shape index (κ2) is 11.7. The van der Waals surface area contributed by atoms with Crippen LogP contribution in [0.2, 0.25) is 5.02 Å². The minimum atomic E-state index is -0.463. The van der Waals surface area contributed by atoms with Gasteiger partial charge in [0, 0.05) is 26.6 Å². The van der Waals surface area contributed by atoms with Gasteiger partial charge in [-0.15, -0.1) is 11.8 Å². The van der Waals surface area contributed by atoms with Crippen LogP contribution < -0.4 is 14.5 Å². The van der Waals surface area contributed by atoms with Crippen LogP contribution in [0.1, 0.15) is 51.2 Å². The van der Waals surface area contributed by atoms with Crippen molar-refractivity contribution in [3.63, 3.8) is 0 Å². The number of amides is 2. The van der Waals surface area contributed by atoms with Crippen molar-refractivity contribution in [2.45, 2.75) is 43.1 Å². The summed E-state index contributed by atoms with van der Waals surface area (Å²) in [5.74, 6) is -1.39. The Morgan fingerprint density at radius 2 is 1.77 bits per heavy atom. The number of rotatable bonds is 7. The van der Waals surface area contributed by atoms with Crippen molar-refractivity contribution >= 4 is 58.2 Å². The summed E-state index contributed by atoms with van der Waals surface area (Å²) in [4.78, 5) is 58.4. The second-order valence-corrected chi connectivity index (χ2v) is 15.3. The van der Waals surface area contributed by atoms with Gasteiger partial charge in [0.25, 0.3) is 0 Å². The number of thiazole rings is 1. The van der Waals surface area contributed by atoms with Crippen LogP contribution in [0.25, 0.3) is 0 Å². The van der Waals surface area contributed by atoms with E-state index in [1.807, 2.05) is 43.3 Å². The molecule has 47 heavy (non-hydrogen) atoms. The number of carbonyl (C=O) groups excluding carboxylic acids is 3. The smallest absolute Gasteiger partial charge is 0.338 e. The molecule has 1 saturated heterocycles. The number of carbonyl (C=O) groups is 3. The fourth-order valence-electron chi connectivity index (χ4n) is 8.44. The summed E-state index contributed by atoms with van der Waals surface area (Å²) in [5, 5.41) is 1.41. The van der Waals surface area contributed by atoms with Crippen LogP contribution in [0.15, 0.2) is 76.6 Å². The van der Waals surface area contributed by atoms with Crippen LogP contribution in [0, 0.1) is 36.5 Å². The molecule has 2 amide bonds. The number of hydrogen-bond acceptors (Lipinski definition) is 8. The molecule has 3 fully saturated rings. The monoisotopic (exact) mass is 686 g/mol. The maximum absolute atomic E-state index is 14.2. The first kappa shape index (κ1) is 30.5. The van der Waals surface area contributed by atoms with Gasteiger partial charge in [-0.05, 0) is 86.1 Å². The molecule has 0 spiro atoms. The highest BCUT2D eigenvalue weighted by molar-refractivity contribution is 8.00. The van der Waals surface area contributed by atoms with E-state index in [-0.39, 0.29) is 52.2 Å². The Balaban J connectivity index is 1.15. The van der Waals surface area contributed by atoms with Crippen LogP contribution in [0.4, 0.5) is 5.69 Å². The zero-order valence-electron chi connectivity index (χ0n) is 25.6. The number of hydrogen-bond donors (Lipinski definition) is 1. The van der Waals surface area contributed by atoms with Gasteiger partial charge in [0.05, 0.1) is 34.7 Å². The van der Waals surface area contributed by atoms with E-state index in [2.05, 4.69) is 11.1 Å². The van der Waals surface area contributed by atoms with Gasteiger partial charge < -0.3 is 14.5 Å². The van der Waals surface area contributed by atoms with Crippen LogP contribution >= 0.6 is 34.7 Å². The van der Waals surface area contributed by atoms with Crippen molar-refractivity contribution in [3.8, 4) is 5.75 Å². The highest BCUT2D eigenvalue weighted by Gasteiger charge is 2.69. The molecule has 4 aromatic rings. The number of aromatic nitrogens is 1. The third kappa shape index (κ3) is 4.95. The van der Waals surface area contributed by atoms with E-state index in [1.165, 1.54) is 16.2 Å². The number of aryl methyl sites for hydroxylation is 1. The SMILES string of the molecule is CCOC(=O)c1ccc(N2C(=O)[C@H]3[C@H]4C[C@@H]([C@@H]3C2=O)[C@H]2[C@H](c3cc(Cl)ccc3OCc3cccc(C)c3)c3sc(=O)[nH]c3S[C@H]42)cc1. The number of aromatic amines is 1. The van der Waals surface area contributed by atoms with Gasteiger partial charge in [0.2, 0.25) is 11.8 Å². The van der Waals surface area contributed by atoms with Gasteiger partial charge in [0.1, 0.15) is 12.4 Å². The number of imide groups is 1. The van der Waals surface area contributed by atoms with Gasteiger partial charge in [0.15, 0.2) is 0 Å². The molecule has 11 heteroatoms. The van der Waals surface area contributed by atoms with Crippen molar-refractivity contribution in [2.75, 3.05) is 11.5 Å². The topological polar surface area (TPSA) is 106 Å². The molecule has 2 aliphatic carbocycles. The molecule has 240 valence electrons. The van der Waals surface area contributed by atoms with Gasteiger partial charge in [-0.3, -0.25) is 19.3 Å². The van der Waals surface area contributed by atoms with Gasteiger partial charge >= 0.3 is 10.8 Å². The number of ether oxygens (including phenoxy) is 2. The Labute approximate surface area is 284 Å². The number of nitrogens with zero attached hydrogens (tertiary/aromatic N) is 1. The lowest BCUT2D eigenvalue weighted by atomic mass is 9.68. The quantitative estimate of drug-likeness (QED) is 0.168. The van der Waals surface area contributed by atoms with Crippen molar-refractivity contribution in [2.24, 2.45) is 29.6 Å². The first-order valence-electron chi connectivity index (χ1n) is 15.8. The molecule has 7 atom stereocenters. The fourth-order valence-corrected chi connectivity index (χ4v) is 11.5. The fraction of sp³-hybridized carbons (Fsp3) is 0.333. The number of benzene rings is 3. The highest BCUT2D eigenvalue weighted by atomic mass is 35.5. The summed E-state index contributed by atoms with van der Waals surface area (Å²) in [6.45, 7) is 4.41. The lowest BCUT2D eigenvalue weighted by Crippen LogP contribution is -2.42. The van der Waals surface area contributed by atoms with Crippen molar-refractivity contribution < 1.29 is 23.9 Å². The Morgan fingerprint density at radius 3 is 2.51 bits per heavy atom. The zero-order chi connectivity index (χ0) is 32.6. The molecule has 2 saturated carbocycles. The zero-order valence-corrected chi connectivity index (χ0v) is 28.0. The third-order valence-corrected chi connectivity index (χ3v) is 13.0. The summed E-state index contributed by atoms with van der Waals surface area (Å²) in [6.07, 6.45) is 0.764. The summed E-state index contributed by atoms with van der Waals surface area (Å²) < 4.78 is 11.6. The molecule has 0 radical (unpaired) electrons. The van der Waals surface area contributed by atoms with Gasteiger partial charge in [-0.25, -0.2) is 4.79 Å². The maximum atomic E-state index is 14.2. The first-order chi connectivity index (χ1) is 22.7. The number of nitrogens with one attached hydrogen (secondary N) is 1. The van der Waals surface area contributed by atoms with Gasteiger partial charge in [-0.2, -0.15) is 0 Å². The summed E-state index contributed by atoms with van der Waals surface area (Å²) in [7, 11) is 0. The Hall–Kier alpha value is -3.86. The molecular weight excluding hydrogens is 656 g/mol. The van der Waals surface area contributed by atoms with Gasteiger partial charge in [-0.1, -0.05) is 52.8 Å². The molecule has 8 nitrogen and oxygen atoms in total. The molecular formula is C36H31ClN2O6S2. The molecule has 8 rings (SSSR count). The second-order valence-electron chi connectivity index (χ2n) is 12.7. The first-order valence-corrected chi connectivity index (χ1v) is 17.8. The minimum Gasteiger partial charge on any atom is -0.489 e. The number of fused-ring (bicyclic) bond motifs is 9. The molecule has 2 bridgehead atoms. The Bertz CT molecular complexity index is 1990. The number of halogens is 1. The molecule has 1 N–H and O–H groups in total. The Morgan fingerprint density at radius 1 is 1.00 bits per heavy atom. The minimum absolute atomic E-state index is 0.00660. The van der Waals surface area contributed by atoms with Crippen molar-refractivity contribution in [1.82, 2.24) is 4.98 Å². The predicted octanol–water partition coefficient (Wildman–Crippen LogP) is 6.83. The molecule has 0 unspecified atom stereocenters. The average Bonchev–Trinajstić information content (AvgIpc) is 3.79. The average molecular weight is 687 g/mol. The summed E-state index contributed by atoms with van der Waals surface area (Å²) in [5.41, 5.74) is 3.90. The third-order valence-electron chi connectivity index (χ3n) is 10.1. The Kier molecular flexibility index (Phi) is 7.57. The van der Waals surface area contributed by atoms with E-state index >= 15 is 0 Å². The van der Waals surface area contributed by atoms with E-state index in [0.717, 1.165) is 33.0 Å². The maximum Gasteiger partial charge on any atom is 0.338 e. The van der Waals surface area contributed by atoms with Crippen LogP contribution in [-0.4, -0.2) is 34.6 Å². The predicted molar refractivity (Wildman–Crippen MR) is 180 cm³/mol. The van der Waals surface area contributed by atoms with Crippen molar-refractivity contribution in [3.05, 3.63) is 109 Å². The molecule has 2 aliphatic heterocycles.